The van der Waals surface area contributed by atoms with E-state index in [1.807, 2.05) is 11.8 Å². The van der Waals surface area contributed by atoms with Crippen LogP contribution in [0.4, 0.5) is 0 Å². The smallest absolute Gasteiger partial charge is 0.239 e. The number of hydrogen-bond donors (Lipinski definition) is 2. The average molecular weight is 244 g/mol. The molecule has 17 heavy (non-hydrogen) atoms. The molecule has 5 nitrogen and oxygen atoms in total. The van der Waals surface area contributed by atoms with Gasteiger partial charge < -0.3 is 20.1 Å². The third-order valence-corrected chi connectivity index (χ3v) is 3.16. The molecule has 1 amide bonds. The van der Waals surface area contributed by atoms with Gasteiger partial charge in [-0.25, -0.2) is 0 Å². The number of methoxy groups -OCH3 is 1. The molecule has 0 bridgehead atoms. The Morgan fingerprint density at radius 3 is 2.65 bits per heavy atom. The predicted octanol–water partition coefficient (Wildman–Crippen LogP) is -0.0157. The SMILES string of the molecule is COCCC(CO)NC(C)C(=O)N1CCCC1. The molecule has 1 fully saturated rings. The van der Waals surface area contributed by atoms with Crippen molar-refractivity contribution in [2.75, 3.05) is 33.4 Å². The van der Waals surface area contributed by atoms with Crippen molar-refractivity contribution in [3.05, 3.63) is 0 Å². The number of ether oxygens (including phenoxy) is 1. The third kappa shape index (κ3) is 4.61. The number of likely N-dealkylation sites (tertiary alicyclic amines) is 1. The molecule has 1 rings (SSSR count). The highest BCUT2D eigenvalue weighted by Gasteiger charge is 2.24. The summed E-state index contributed by atoms with van der Waals surface area (Å²) in [6, 6.07) is -0.307. The summed E-state index contributed by atoms with van der Waals surface area (Å²) < 4.78 is 4.97. The van der Waals surface area contributed by atoms with Crippen molar-refractivity contribution in [1.82, 2.24) is 10.2 Å². The molecule has 0 aromatic heterocycles. The highest BCUT2D eigenvalue weighted by molar-refractivity contribution is 5.81. The fourth-order valence-electron chi connectivity index (χ4n) is 2.12. The van der Waals surface area contributed by atoms with Gasteiger partial charge in [-0.05, 0) is 26.2 Å². The maximum atomic E-state index is 12.0. The molecule has 1 heterocycles. The summed E-state index contributed by atoms with van der Waals surface area (Å²) in [5.74, 6) is 0.137. The van der Waals surface area contributed by atoms with Gasteiger partial charge in [-0.3, -0.25) is 4.79 Å². The van der Waals surface area contributed by atoms with Crippen LogP contribution in [0.1, 0.15) is 26.2 Å². The van der Waals surface area contributed by atoms with Gasteiger partial charge in [0.25, 0.3) is 0 Å². The molecular formula is C12H24N2O3. The minimum atomic E-state index is -0.234. The second-order valence-corrected chi connectivity index (χ2v) is 4.58. The predicted molar refractivity (Wildman–Crippen MR) is 65.8 cm³/mol. The Labute approximate surface area is 103 Å². The first-order valence-corrected chi connectivity index (χ1v) is 6.33. The van der Waals surface area contributed by atoms with Crippen molar-refractivity contribution in [3.8, 4) is 0 Å². The van der Waals surface area contributed by atoms with Gasteiger partial charge in [0.2, 0.25) is 5.91 Å². The van der Waals surface area contributed by atoms with Gasteiger partial charge in [0.1, 0.15) is 0 Å². The summed E-state index contributed by atoms with van der Waals surface area (Å²) in [6.07, 6.45) is 2.92. The van der Waals surface area contributed by atoms with Gasteiger partial charge in [0, 0.05) is 32.8 Å². The van der Waals surface area contributed by atoms with E-state index in [0.717, 1.165) is 25.9 Å². The third-order valence-electron chi connectivity index (χ3n) is 3.16. The lowest BCUT2D eigenvalue weighted by atomic mass is 10.2. The van der Waals surface area contributed by atoms with Gasteiger partial charge in [-0.2, -0.15) is 0 Å². The number of aliphatic hydroxyl groups is 1. The van der Waals surface area contributed by atoms with E-state index in [0.29, 0.717) is 13.0 Å². The van der Waals surface area contributed by atoms with Crippen LogP contribution in [0.15, 0.2) is 0 Å². The number of carbonyl (C=O) groups is 1. The lowest BCUT2D eigenvalue weighted by Gasteiger charge is -2.25. The molecule has 0 spiro atoms. The summed E-state index contributed by atoms with van der Waals surface area (Å²) in [5, 5.41) is 12.4. The summed E-state index contributed by atoms with van der Waals surface area (Å²) in [4.78, 5) is 13.9. The van der Waals surface area contributed by atoms with E-state index in [2.05, 4.69) is 5.32 Å². The zero-order valence-corrected chi connectivity index (χ0v) is 10.8. The first-order valence-electron chi connectivity index (χ1n) is 6.33. The molecule has 0 aromatic carbocycles. The second-order valence-electron chi connectivity index (χ2n) is 4.58. The number of amides is 1. The molecule has 2 unspecified atom stereocenters. The Balaban J connectivity index is 2.34. The Bertz CT molecular complexity index is 230. The Kier molecular flexibility index (Phi) is 6.47. The highest BCUT2D eigenvalue weighted by atomic mass is 16.5. The van der Waals surface area contributed by atoms with E-state index in [-0.39, 0.29) is 24.6 Å². The molecule has 1 aliphatic rings. The van der Waals surface area contributed by atoms with Crippen molar-refractivity contribution in [2.24, 2.45) is 0 Å². The monoisotopic (exact) mass is 244 g/mol. The lowest BCUT2D eigenvalue weighted by Crippen LogP contribution is -2.49. The summed E-state index contributed by atoms with van der Waals surface area (Å²) in [5.41, 5.74) is 0. The standard InChI is InChI=1S/C12H24N2O3/c1-10(12(16)14-6-3-4-7-14)13-11(9-15)5-8-17-2/h10-11,13,15H,3-9H2,1-2H3. The molecule has 1 saturated heterocycles. The van der Waals surface area contributed by atoms with Crippen LogP contribution in [-0.4, -0.2) is 61.4 Å². The normalized spacial score (nSPS) is 19.4. The molecule has 0 aliphatic carbocycles. The number of nitrogens with zero attached hydrogens (tertiary/aromatic N) is 1. The fourth-order valence-corrected chi connectivity index (χ4v) is 2.12. The topological polar surface area (TPSA) is 61.8 Å². The van der Waals surface area contributed by atoms with E-state index in [4.69, 9.17) is 4.74 Å². The van der Waals surface area contributed by atoms with Crippen LogP contribution in [-0.2, 0) is 9.53 Å². The largest absolute Gasteiger partial charge is 0.395 e. The number of nitrogens with one attached hydrogen (secondary N) is 1. The number of hydrogen-bond acceptors (Lipinski definition) is 4. The van der Waals surface area contributed by atoms with E-state index in [1.165, 1.54) is 0 Å². The molecule has 0 radical (unpaired) electrons. The van der Waals surface area contributed by atoms with E-state index in [1.54, 1.807) is 7.11 Å². The van der Waals surface area contributed by atoms with Crippen LogP contribution >= 0.6 is 0 Å². The van der Waals surface area contributed by atoms with Gasteiger partial charge in [-0.1, -0.05) is 0 Å². The number of rotatable bonds is 7. The molecular weight excluding hydrogens is 220 g/mol. The van der Waals surface area contributed by atoms with E-state index in [9.17, 15) is 9.90 Å². The minimum Gasteiger partial charge on any atom is -0.395 e. The molecule has 5 heteroatoms. The first kappa shape index (κ1) is 14.4. The van der Waals surface area contributed by atoms with Gasteiger partial charge in [-0.15, -0.1) is 0 Å². The van der Waals surface area contributed by atoms with Gasteiger partial charge in [0.15, 0.2) is 0 Å². The minimum absolute atomic E-state index is 0.0288. The fraction of sp³-hybridized carbons (Fsp3) is 0.917. The molecule has 100 valence electrons. The molecule has 0 saturated carbocycles. The molecule has 1 aliphatic heterocycles. The maximum Gasteiger partial charge on any atom is 0.239 e. The number of carbonyl (C=O) groups excluding carboxylic acids is 1. The maximum absolute atomic E-state index is 12.0. The van der Waals surface area contributed by atoms with Crippen LogP contribution in [0.5, 0.6) is 0 Å². The van der Waals surface area contributed by atoms with Crippen molar-refractivity contribution in [3.63, 3.8) is 0 Å². The van der Waals surface area contributed by atoms with Crippen LogP contribution < -0.4 is 5.32 Å². The molecule has 0 aromatic rings. The quantitative estimate of drug-likeness (QED) is 0.661. The zero-order valence-electron chi connectivity index (χ0n) is 10.8. The van der Waals surface area contributed by atoms with Gasteiger partial charge in [0.05, 0.1) is 12.6 Å². The van der Waals surface area contributed by atoms with Crippen molar-refractivity contribution < 1.29 is 14.6 Å². The summed E-state index contributed by atoms with van der Waals surface area (Å²) in [6.45, 7) is 4.21. The first-order chi connectivity index (χ1) is 8.19. The lowest BCUT2D eigenvalue weighted by molar-refractivity contribution is -0.132. The number of aliphatic hydroxyl groups excluding tert-OH is 1. The van der Waals surface area contributed by atoms with E-state index >= 15 is 0 Å². The van der Waals surface area contributed by atoms with Crippen LogP contribution in [0.25, 0.3) is 0 Å². The average Bonchev–Trinajstić information content (AvgIpc) is 2.86. The Morgan fingerprint density at radius 2 is 2.12 bits per heavy atom. The Morgan fingerprint density at radius 1 is 1.47 bits per heavy atom. The van der Waals surface area contributed by atoms with Crippen molar-refractivity contribution >= 4 is 5.91 Å². The second kappa shape index (κ2) is 7.63. The van der Waals surface area contributed by atoms with Crippen molar-refractivity contribution in [1.29, 1.82) is 0 Å². The van der Waals surface area contributed by atoms with E-state index < -0.39 is 0 Å². The zero-order chi connectivity index (χ0) is 12.7. The van der Waals surface area contributed by atoms with Crippen molar-refractivity contribution in [2.45, 2.75) is 38.3 Å². The van der Waals surface area contributed by atoms with Crippen LogP contribution in [0.3, 0.4) is 0 Å². The summed E-state index contributed by atoms with van der Waals surface area (Å²) in [7, 11) is 1.63. The Hall–Kier alpha value is -0.650. The summed E-state index contributed by atoms with van der Waals surface area (Å²) >= 11 is 0. The molecule has 2 N–H and O–H groups in total. The molecule has 2 atom stereocenters. The highest BCUT2D eigenvalue weighted by Crippen LogP contribution is 2.09. The van der Waals surface area contributed by atoms with Crippen LogP contribution in [0, 0.1) is 0 Å². The van der Waals surface area contributed by atoms with Gasteiger partial charge >= 0.3 is 0 Å². The van der Waals surface area contributed by atoms with Crippen LogP contribution in [0.2, 0.25) is 0 Å².